The Morgan fingerprint density at radius 3 is 2.62 bits per heavy atom. The van der Waals surface area contributed by atoms with E-state index in [-0.39, 0.29) is 40.0 Å². The molecule has 2 rings (SSSR count). The van der Waals surface area contributed by atoms with Crippen LogP contribution in [0.25, 0.3) is 0 Å². The number of alkyl halides is 3. The molecule has 0 aliphatic carbocycles. The molecule has 1 atom stereocenters. The fourth-order valence-corrected chi connectivity index (χ4v) is 2.87. The van der Waals surface area contributed by atoms with Crippen molar-refractivity contribution >= 4 is 17.6 Å². The minimum absolute atomic E-state index is 0.0185. The first kappa shape index (κ1) is 19.7. The zero-order valence-corrected chi connectivity index (χ0v) is 14.5. The number of allylic oxidation sites excluding steroid dienone is 2. The molecule has 1 unspecified atom stereocenters. The van der Waals surface area contributed by atoms with E-state index in [4.69, 9.17) is 26.8 Å². The number of rotatable bonds is 3. The molecule has 0 radical (unpaired) electrons. The van der Waals surface area contributed by atoms with Gasteiger partial charge in [-0.25, -0.2) is 4.79 Å². The van der Waals surface area contributed by atoms with Crippen LogP contribution < -0.4 is 5.73 Å². The fraction of sp³-hybridized carbons (Fsp3) is 0.294. The number of carbonyl (C=O) groups is 1. The molecule has 0 saturated carbocycles. The van der Waals surface area contributed by atoms with Crippen LogP contribution in [0.1, 0.15) is 30.9 Å². The van der Waals surface area contributed by atoms with Crippen LogP contribution in [0.5, 0.6) is 0 Å². The summed E-state index contributed by atoms with van der Waals surface area (Å²) < 4.78 is 49.6. The highest BCUT2D eigenvalue weighted by atomic mass is 35.5. The summed E-state index contributed by atoms with van der Waals surface area (Å²) in [7, 11) is 0. The second-order valence-corrected chi connectivity index (χ2v) is 5.82. The molecular weight excluding hydrogens is 373 g/mol. The molecule has 5 nitrogen and oxygen atoms in total. The van der Waals surface area contributed by atoms with E-state index in [2.05, 4.69) is 0 Å². The van der Waals surface area contributed by atoms with Crippen LogP contribution in [0.15, 0.2) is 41.0 Å². The van der Waals surface area contributed by atoms with Gasteiger partial charge >= 0.3 is 12.1 Å². The number of nitriles is 1. The summed E-state index contributed by atoms with van der Waals surface area (Å²) in [4.78, 5) is 12.3. The Morgan fingerprint density at radius 1 is 1.42 bits per heavy atom. The number of hydrogen-bond acceptors (Lipinski definition) is 5. The highest BCUT2D eigenvalue weighted by Gasteiger charge is 2.38. The van der Waals surface area contributed by atoms with Gasteiger partial charge in [-0.05, 0) is 37.6 Å². The predicted molar refractivity (Wildman–Crippen MR) is 86.4 cm³/mol. The lowest BCUT2D eigenvalue weighted by Gasteiger charge is -2.27. The van der Waals surface area contributed by atoms with Crippen molar-refractivity contribution in [2.75, 3.05) is 6.61 Å². The van der Waals surface area contributed by atoms with Crippen LogP contribution in [0.4, 0.5) is 13.2 Å². The number of hydrogen-bond donors (Lipinski definition) is 1. The molecule has 138 valence electrons. The average molecular weight is 387 g/mol. The number of ether oxygens (including phenoxy) is 2. The number of nitrogens with zero attached hydrogens (tertiary/aromatic N) is 1. The Balaban J connectivity index is 2.72. The number of halogens is 4. The van der Waals surface area contributed by atoms with E-state index >= 15 is 0 Å². The maximum Gasteiger partial charge on any atom is 0.416 e. The van der Waals surface area contributed by atoms with Crippen molar-refractivity contribution in [1.29, 1.82) is 5.26 Å². The Morgan fingerprint density at radius 2 is 2.08 bits per heavy atom. The van der Waals surface area contributed by atoms with E-state index < -0.39 is 23.6 Å². The lowest BCUT2D eigenvalue weighted by molar-refractivity contribution is -0.139. The summed E-state index contributed by atoms with van der Waals surface area (Å²) in [5.74, 6) is -2.26. The molecular formula is C17H14ClF3N2O3. The molecule has 26 heavy (non-hydrogen) atoms. The molecule has 0 aromatic heterocycles. The normalized spacial score (nSPS) is 17.7. The molecule has 0 fully saturated rings. The predicted octanol–water partition coefficient (Wildman–Crippen LogP) is 4.00. The van der Waals surface area contributed by atoms with Gasteiger partial charge in [0.1, 0.15) is 17.4 Å². The summed E-state index contributed by atoms with van der Waals surface area (Å²) in [5.41, 5.74) is 4.37. The summed E-state index contributed by atoms with van der Waals surface area (Å²) in [6.45, 7) is 3.02. The standard InChI is InChI=1S/C17H14ClF3N2O3/c1-3-25-16(24)13-8(2)26-15(23)12(7-22)14(13)9-4-10(17(19,20)21)6-11(18)5-9/h4-6,14H,3,23H2,1-2H3. The van der Waals surface area contributed by atoms with Gasteiger partial charge in [0.15, 0.2) is 0 Å². The van der Waals surface area contributed by atoms with Crippen LogP contribution >= 0.6 is 11.6 Å². The van der Waals surface area contributed by atoms with Crippen molar-refractivity contribution in [3.8, 4) is 6.07 Å². The zero-order chi connectivity index (χ0) is 19.6. The van der Waals surface area contributed by atoms with E-state index in [1.165, 1.54) is 13.0 Å². The molecule has 0 saturated heterocycles. The largest absolute Gasteiger partial charge is 0.463 e. The molecule has 1 aromatic carbocycles. The van der Waals surface area contributed by atoms with Crippen molar-refractivity contribution < 1.29 is 27.4 Å². The van der Waals surface area contributed by atoms with Crippen molar-refractivity contribution in [2.24, 2.45) is 5.73 Å². The van der Waals surface area contributed by atoms with Gasteiger partial charge in [-0.2, -0.15) is 18.4 Å². The monoisotopic (exact) mass is 386 g/mol. The topological polar surface area (TPSA) is 85.3 Å². The molecule has 2 N–H and O–H groups in total. The number of benzene rings is 1. The third-order valence-electron chi connectivity index (χ3n) is 3.68. The Hall–Kier alpha value is -2.66. The lowest BCUT2D eigenvalue weighted by Crippen LogP contribution is -2.25. The molecule has 9 heteroatoms. The van der Waals surface area contributed by atoms with Gasteiger partial charge in [-0.15, -0.1) is 0 Å². The fourth-order valence-electron chi connectivity index (χ4n) is 2.63. The first-order valence-electron chi connectivity index (χ1n) is 7.43. The molecule has 1 aromatic rings. The zero-order valence-electron chi connectivity index (χ0n) is 13.8. The van der Waals surface area contributed by atoms with Crippen LogP contribution in [-0.4, -0.2) is 12.6 Å². The van der Waals surface area contributed by atoms with Crippen LogP contribution in [0.3, 0.4) is 0 Å². The molecule has 0 amide bonds. The SMILES string of the molecule is CCOC(=O)C1=C(C)OC(N)=C(C#N)C1c1cc(Cl)cc(C(F)(F)F)c1. The number of esters is 1. The second-order valence-electron chi connectivity index (χ2n) is 5.39. The van der Waals surface area contributed by atoms with Crippen molar-refractivity contribution in [2.45, 2.75) is 25.9 Å². The number of nitrogens with two attached hydrogens (primary N) is 1. The average Bonchev–Trinajstić information content (AvgIpc) is 2.52. The first-order valence-corrected chi connectivity index (χ1v) is 7.81. The lowest BCUT2D eigenvalue weighted by atomic mass is 9.82. The van der Waals surface area contributed by atoms with Crippen LogP contribution in [-0.2, 0) is 20.4 Å². The van der Waals surface area contributed by atoms with Gasteiger partial charge in [0.25, 0.3) is 0 Å². The van der Waals surface area contributed by atoms with E-state index in [1.54, 1.807) is 13.0 Å². The van der Waals surface area contributed by atoms with Crippen LogP contribution in [0, 0.1) is 11.3 Å². The highest BCUT2D eigenvalue weighted by Crippen LogP contribution is 2.42. The third-order valence-corrected chi connectivity index (χ3v) is 3.90. The molecule has 1 aliphatic rings. The minimum atomic E-state index is -4.66. The van der Waals surface area contributed by atoms with Gasteiger partial charge < -0.3 is 15.2 Å². The van der Waals surface area contributed by atoms with Gasteiger partial charge in [0.05, 0.1) is 23.7 Å². The van der Waals surface area contributed by atoms with Gasteiger partial charge in [0.2, 0.25) is 5.88 Å². The third kappa shape index (κ3) is 3.78. The van der Waals surface area contributed by atoms with Gasteiger partial charge in [-0.1, -0.05) is 11.6 Å². The van der Waals surface area contributed by atoms with Crippen molar-refractivity contribution in [3.63, 3.8) is 0 Å². The van der Waals surface area contributed by atoms with E-state index in [1.807, 2.05) is 0 Å². The maximum atomic E-state index is 13.1. The Kier molecular flexibility index (Phi) is 5.52. The molecule has 1 aliphatic heterocycles. The summed E-state index contributed by atoms with van der Waals surface area (Å²) in [6, 6.07) is 4.60. The van der Waals surface area contributed by atoms with E-state index in [0.717, 1.165) is 12.1 Å². The summed E-state index contributed by atoms with van der Waals surface area (Å²) >= 11 is 5.83. The second kappa shape index (κ2) is 7.30. The van der Waals surface area contributed by atoms with Crippen molar-refractivity contribution in [3.05, 3.63) is 57.1 Å². The number of carbonyl (C=O) groups excluding carboxylic acids is 1. The molecule has 0 spiro atoms. The van der Waals surface area contributed by atoms with Gasteiger partial charge in [0, 0.05) is 5.02 Å². The highest BCUT2D eigenvalue weighted by molar-refractivity contribution is 6.30. The van der Waals surface area contributed by atoms with Crippen molar-refractivity contribution in [1.82, 2.24) is 0 Å². The van der Waals surface area contributed by atoms with E-state index in [9.17, 15) is 23.2 Å². The maximum absolute atomic E-state index is 13.1. The van der Waals surface area contributed by atoms with Crippen LogP contribution in [0.2, 0.25) is 5.02 Å². The first-order chi connectivity index (χ1) is 12.1. The quantitative estimate of drug-likeness (QED) is 0.793. The van der Waals surface area contributed by atoms with Gasteiger partial charge in [-0.3, -0.25) is 0 Å². The smallest absolute Gasteiger partial charge is 0.416 e. The Labute approximate surface area is 152 Å². The molecule has 0 bridgehead atoms. The minimum Gasteiger partial charge on any atom is -0.463 e. The summed E-state index contributed by atoms with van der Waals surface area (Å²) in [6.07, 6.45) is -4.66. The Bertz CT molecular complexity index is 854. The summed E-state index contributed by atoms with van der Waals surface area (Å²) in [5, 5.41) is 9.21. The van der Waals surface area contributed by atoms with E-state index in [0.29, 0.717) is 0 Å². The molecule has 1 heterocycles.